The summed E-state index contributed by atoms with van der Waals surface area (Å²) in [5, 5.41) is 9.21. The van der Waals surface area contributed by atoms with E-state index < -0.39 is 16.2 Å². The summed E-state index contributed by atoms with van der Waals surface area (Å²) >= 11 is 0. The van der Waals surface area contributed by atoms with E-state index in [2.05, 4.69) is 9.97 Å². The van der Waals surface area contributed by atoms with Crippen LogP contribution in [-0.2, 0) is 16.6 Å². The van der Waals surface area contributed by atoms with Crippen molar-refractivity contribution < 1.29 is 18.3 Å². The average Bonchev–Trinajstić information content (AvgIpc) is 2.68. The predicted octanol–water partition coefficient (Wildman–Crippen LogP) is 1.90. The maximum Gasteiger partial charge on any atom is 0.337 e. The van der Waals surface area contributed by atoms with Crippen molar-refractivity contribution in [3.8, 4) is 11.3 Å². The van der Waals surface area contributed by atoms with Crippen molar-refractivity contribution in [1.29, 1.82) is 0 Å². The molecule has 3 rings (SSSR count). The number of carboxylic acids is 1. The van der Waals surface area contributed by atoms with E-state index in [1.807, 2.05) is 12.1 Å². The number of nitrogens with zero attached hydrogens (tertiary/aromatic N) is 4. The van der Waals surface area contributed by atoms with Gasteiger partial charge in [0.05, 0.1) is 11.3 Å². The molecule has 1 fully saturated rings. The Hall–Kier alpha value is -2.36. The van der Waals surface area contributed by atoms with Gasteiger partial charge in [-0.2, -0.15) is 17.0 Å². The van der Waals surface area contributed by atoms with E-state index in [1.165, 1.54) is 14.8 Å². The third-order valence-corrected chi connectivity index (χ3v) is 6.84. The molecule has 3 heterocycles. The molecular weight excluding hydrogens is 380 g/mol. The van der Waals surface area contributed by atoms with Gasteiger partial charge in [-0.05, 0) is 42.9 Å². The maximum absolute atomic E-state index is 12.4. The van der Waals surface area contributed by atoms with Crippen LogP contribution in [0.3, 0.4) is 0 Å². The Morgan fingerprint density at radius 2 is 2.14 bits per heavy atom. The van der Waals surface area contributed by atoms with Gasteiger partial charge in [0.15, 0.2) is 0 Å². The lowest BCUT2D eigenvalue weighted by atomic mass is 9.90. The van der Waals surface area contributed by atoms with Gasteiger partial charge < -0.3 is 5.11 Å². The monoisotopic (exact) mass is 404 g/mol. The molecule has 0 spiro atoms. The first-order chi connectivity index (χ1) is 13.3. The number of aromatic nitrogens is 2. The van der Waals surface area contributed by atoms with Gasteiger partial charge >= 0.3 is 5.97 Å². The summed E-state index contributed by atoms with van der Waals surface area (Å²) in [5.74, 6) is -0.870. The SMILES string of the molecule is CN(C)S(=O)(=O)N1CCCC(Cc2cccnc2-c2cncc(C(=O)O)c2)C1. The number of carbonyl (C=O) groups is 1. The molecule has 1 unspecified atom stereocenters. The van der Waals surface area contributed by atoms with Crippen molar-refractivity contribution in [1.82, 2.24) is 18.6 Å². The second-order valence-corrected chi connectivity index (χ2v) is 9.28. The summed E-state index contributed by atoms with van der Waals surface area (Å²) in [7, 11) is -0.342. The molecular formula is C19H24N4O4S. The molecule has 2 aromatic rings. The number of hydrogen-bond acceptors (Lipinski definition) is 5. The van der Waals surface area contributed by atoms with Gasteiger partial charge in [-0.3, -0.25) is 9.97 Å². The normalized spacial score (nSPS) is 18.3. The Balaban J connectivity index is 1.84. The van der Waals surface area contributed by atoms with Crippen LogP contribution in [0.25, 0.3) is 11.3 Å². The maximum atomic E-state index is 12.4. The fourth-order valence-corrected chi connectivity index (χ4v) is 4.72. The van der Waals surface area contributed by atoms with E-state index >= 15 is 0 Å². The molecule has 8 nitrogen and oxygen atoms in total. The fraction of sp³-hybridized carbons (Fsp3) is 0.421. The highest BCUT2D eigenvalue weighted by Gasteiger charge is 2.30. The van der Waals surface area contributed by atoms with Crippen molar-refractivity contribution in [2.45, 2.75) is 19.3 Å². The summed E-state index contributed by atoms with van der Waals surface area (Å²) in [4.78, 5) is 19.7. The lowest BCUT2D eigenvalue weighted by Crippen LogP contribution is -2.45. The van der Waals surface area contributed by atoms with Gasteiger partial charge in [-0.1, -0.05) is 6.07 Å². The predicted molar refractivity (Wildman–Crippen MR) is 105 cm³/mol. The number of piperidine rings is 1. The fourth-order valence-electron chi connectivity index (χ4n) is 3.49. The lowest BCUT2D eigenvalue weighted by Gasteiger charge is -2.33. The smallest absolute Gasteiger partial charge is 0.337 e. The van der Waals surface area contributed by atoms with Gasteiger partial charge in [-0.15, -0.1) is 0 Å². The highest BCUT2D eigenvalue weighted by molar-refractivity contribution is 7.86. The standard InChI is InChI=1S/C19H24N4O4S/c1-22(2)28(26,27)23-8-4-5-14(13-23)9-15-6-3-7-21-18(15)16-10-17(19(24)25)12-20-11-16/h3,6-7,10-12,14H,4-5,8-9,13H2,1-2H3,(H,24,25). The van der Waals surface area contributed by atoms with Gasteiger partial charge in [-0.25, -0.2) is 4.79 Å². The van der Waals surface area contributed by atoms with Gasteiger partial charge in [0.2, 0.25) is 0 Å². The van der Waals surface area contributed by atoms with Crippen molar-refractivity contribution in [3.05, 3.63) is 47.9 Å². The zero-order valence-corrected chi connectivity index (χ0v) is 16.8. The summed E-state index contributed by atoms with van der Waals surface area (Å²) in [5.41, 5.74) is 2.39. The number of carboxylic acid groups (broad SMARTS) is 1. The van der Waals surface area contributed by atoms with Crippen LogP contribution in [-0.4, -0.2) is 65.3 Å². The van der Waals surface area contributed by atoms with Crippen LogP contribution in [0.15, 0.2) is 36.8 Å². The van der Waals surface area contributed by atoms with Crippen LogP contribution in [0, 0.1) is 5.92 Å². The number of rotatable bonds is 6. The van der Waals surface area contributed by atoms with Gasteiger partial charge in [0.25, 0.3) is 10.2 Å². The van der Waals surface area contributed by atoms with Crippen LogP contribution in [0.1, 0.15) is 28.8 Å². The minimum atomic E-state index is -3.43. The average molecular weight is 404 g/mol. The molecule has 28 heavy (non-hydrogen) atoms. The van der Waals surface area contributed by atoms with E-state index in [0.717, 1.165) is 18.4 Å². The summed E-state index contributed by atoms with van der Waals surface area (Å²) in [6, 6.07) is 5.35. The zero-order valence-electron chi connectivity index (χ0n) is 15.9. The van der Waals surface area contributed by atoms with Crippen LogP contribution >= 0.6 is 0 Å². The molecule has 0 bridgehead atoms. The minimum Gasteiger partial charge on any atom is -0.478 e. The van der Waals surface area contributed by atoms with Crippen molar-refractivity contribution >= 4 is 16.2 Å². The van der Waals surface area contributed by atoms with Crippen LogP contribution in [0.5, 0.6) is 0 Å². The van der Waals surface area contributed by atoms with E-state index in [4.69, 9.17) is 0 Å². The van der Waals surface area contributed by atoms with Crippen LogP contribution < -0.4 is 0 Å². The van der Waals surface area contributed by atoms with Crippen LogP contribution in [0.4, 0.5) is 0 Å². The third-order valence-electron chi connectivity index (χ3n) is 4.93. The molecule has 0 radical (unpaired) electrons. The molecule has 0 aliphatic carbocycles. The first-order valence-electron chi connectivity index (χ1n) is 9.09. The van der Waals surface area contributed by atoms with Gasteiger partial charge in [0, 0.05) is 51.3 Å². The van der Waals surface area contributed by atoms with Crippen molar-refractivity contribution in [2.24, 2.45) is 5.92 Å². The largest absolute Gasteiger partial charge is 0.478 e. The van der Waals surface area contributed by atoms with E-state index in [9.17, 15) is 18.3 Å². The van der Waals surface area contributed by atoms with E-state index in [0.29, 0.717) is 30.8 Å². The van der Waals surface area contributed by atoms with Gasteiger partial charge in [0.1, 0.15) is 0 Å². The number of aromatic carboxylic acids is 1. The molecule has 1 N–H and O–H groups in total. The van der Waals surface area contributed by atoms with E-state index in [1.54, 1.807) is 32.6 Å². The molecule has 150 valence electrons. The second kappa shape index (κ2) is 8.34. The quantitative estimate of drug-likeness (QED) is 0.789. The Morgan fingerprint density at radius 1 is 1.36 bits per heavy atom. The van der Waals surface area contributed by atoms with Crippen molar-refractivity contribution in [2.75, 3.05) is 27.2 Å². The first-order valence-corrected chi connectivity index (χ1v) is 10.5. The highest BCUT2D eigenvalue weighted by atomic mass is 32.2. The molecule has 1 saturated heterocycles. The second-order valence-electron chi connectivity index (χ2n) is 7.14. The minimum absolute atomic E-state index is 0.107. The topological polar surface area (TPSA) is 104 Å². The number of hydrogen-bond donors (Lipinski definition) is 1. The summed E-state index contributed by atoms with van der Waals surface area (Å²) in [6.07, 6.45) is 6.97. The Morgan fingerprint density at radius 3 is 2.86 bits per heavy atom. The molecule has 2 aromatic heterocycles. The molecule has 0 aromatic carbocycles. The van der Waals surface area contributed by atoms with E-state index in [-0.39, 0.29) is 11.5 Å². The third kappa shape index (κ3) is 4.37. The molecule has 1 aliphatic rings. The molecule has 0 amide bonds. The lowest BCUT2D eigenvalue weighted by molar-refractivity contribution is 0.0696. The Labute approximate surface area is 165 Å². The Bertz CT molecular complexity index is 962. The Kier molecular flexibility index (Phi) is 6.07. The molecule has 9 heteroatoms. The summed E-state index contributed by atoms with van der Waals surface area (Å²) in [6.45, 7) is 0.990. The van der Waals surface area contributed by atoms with Crippen LogP contribution in [0.2, 0.25) is 0 Å². The highest BCUT2D eigenvalue weighted by Crippen LogP contribution is 2.28. The van der Waals surface area contributed by atoms with Crippen molar-refractivity contribution in [3.63, 3.8) is 0 Å². The molecule has 1 atom stereocenters. The molecule has 0 saturated carbocycles. The molecule has 1 aliphatic heterocycles. The summed E-state index contributed by atoms with van der Waals surface area (Å²) < 4.78 is 27.7. The number of pyridine rings is 2. The zero-order chi connectivity index (χ0) is 20.3. The first kappa shape index (κ1) is 20.4.